The van der Waals surface area contributed by atoms with Crippen LogP contribution in [-0.4, -0.2) is 24.5 Å². The number of nitrogens with zero attached hydrogens (tertiary/aromatic N) is 1. The molecule has 1 fully saturated rings. The van der Waals surface area contributed by atoms with Gasteiger partial charge in [0.05, 0.1) is 6.04 Å². The van der Waals surface area contributed by atoms with Gasteiger partial charge in [-0.2, -0.15) is 0 Å². The van der Waals surface area contributed by atoms with E-state index in [2.05, 4.69) is 4.90 Å². The summed E-state index contributed by atoms with van der Waals surface area (Å²) in [6.45, 7) is 1.99. The van der Waals surface area contributed by atoms with Crippen molar-refractivity contribution < 1.29 is 8.78 Å². The summed E-state index contributed by atoms with van der Waals surface area (Å²) < 4.78 is 27.2. The number of hydrogen-bond donors (Lipinski definition) is 1. The average Bonchev–Trinajstić information content (AvgIpc) is 2.77. The first-order chi connectivity index (χ1) is 7.74. The molecule has 1 aliphatic rings. The standard InChI is InChI=1S/C12H16F2N2/c13-9-4-3-5-10(14)12(9)11(8-15)16-6-1-2-7-16/h3-5,11H,1-2,6-8,15H2/t11-/m0/s1. The molecule has 0 bridgehead atoms. The lowest BCUT2D eigenvalue weighted by atomic mass is 10.0. The summed E-state index contributed by atoms with van der Waals surface area (Å²) in [5, 5.41) is 0. The Labute approximate surface area is 94.0 Å². The van der Waals surface area contributed by atoms with Gasteiger partial charge in [0.25, 0.3) is 0 Å². The summed E-state index contributed by atoms with van der Waals surface area (Å²) in [5.74, 6) is -0.996. The van der Waals surface area contributed by atoms with Gasteiger partial charge in [0.1, 0.15) is 11.6 Å². The highest BCUT2D eigenvalue weighted by atomic mass is 19.1. The minimum atomic E-state index is -0.498. The second-order valence-corrected chi connectivity index (χ2v) is 4.13. The fourth-order valence-corrected chi connectivity index (χ4v) is 2.33. The van der Waals surface area contributed by atoms with E-state index in [0.29, 0.717) is 0 Å². The summed E-state index contributed by atoms with van der Waals surface area (Å²) in [7, 11) is 0. The zero-order valence-corrected chi connectivity index (χ0v) is 9.13. The van der Waals surface area contributed by atoms with Crippen LogP contribution >= 0.6 is 0 Å². The Bertz CT molecular complexity index is 342. The van der Waals surface area contributed by atoms with E-state index in [1.165, 1.54) is 18.2 Å². The van der Waals surface area contributed by atoms with E-state index in [4.69, 9.17) is 5.73 Å². The van der Waals surface area contributed by atoms with Gasteiger partial charge in [0.2, 0.25) is 0 Å². The molecule has 1 saturated heterocycles. The van der Waals surface area contributed by atoms with Crippen LogP contribution in [0.2, 0.25) is 0 Å². The molecule has 0 amide bonds. The van der Waals surface area contributed by atoms with Crippen molar-refractivity contribution in [2.75, 3.05) is 19.6 Å². The van der Waals surface area contributed by atoms with Crippen molar-refractivity contribution in [3.8, 4) is 0 Å². The minimum absolute atomic E-state index is 0.118. The van der Waals surface area contributed by atoms with E-state index in [1.807, 2.05) is 0 Å². The van der Waals surface area contributed by atoms with Crippen LogP contribution in [0.3, 0.4) is 0 Å². The number of hydrogen-bond acceptors (Lipinski definition) is 2. The quantitative estimate of drug-likeness (QED) is 0.854. The lowest BCUT2D eigenvalue weighted by Gasteiger charge is -2.27. The molecule has 1 atom stereocenters. The molecule has 0 saturated carbocycles. The van der Waals surface area contributed by atoms with Crippen LogP contribution in [0.5, 0.6) is 0 Å². The summed E-state index contributed by atoms with van der Waals surface area (Å²) in [5.41, 5.74) is 5.76. The van der Waals surface area contributed by atoms with Gasteiger partial charge in [-0.1, -0.05) is 6.07 Å². The summed E-state index contributed by atoms with van der Waals surface area (Å²) in [6, 6.07) is 3.63. The third kappa shape index (κ3) is 2.08. The Balaban J connectivity index is 2.32. The van der Waals surface area contributed by atoms with E-state index < -0.39 is 11.6 Å². The molecule has 0 aromatic heterocycles. The third-order valence-corrected chi connectivity index (χ3v) is 3.14. The predicted octanol–water partition coefficient (Wildman–Crippen LogP) is 2.06. The van der Waals surface area contributed by atoms with Gasteiger partial charge in [0.15, 0.2) is 0 Å². The Hall–Kier alpha value is -1.00. The maximum atomic E-state index is 13.6. The Morgan fingerprint density at radius 2 is 1.75 bits per heavy atom. The fraction of sp³-hybridized carbons (Fsp3) is 0.500. The van der Waals surface area contributed by atoms with Crippen LogP contribution in [0, 0.1) is 11.6 Å². The highest BCUT2D eigenvalue weighted by Crippen LogP contribution is 2.28. The van der Waals surface area contributed by atoms with Crippen molar-refractivity contribution >= 4 is 0 Å². The van der Waals surface area contributed by atoms with Gasteiger partial charge in [-0.05, 0) is 38.1 Å². The van der Waals surface area contributed by atoms with Gasteiger partial charge < -0.3 is 5.73 Å². The molecule has 1 aliphatic heterocycles. The number of rotatable bonds is 3. The Morgan fingerprint density at radius 3 is 2.25 bits per heavy atom. The van der Waals surface area contributed by atoms with E-state index in [-0.39, 0.29) is 18.2 Å². The van der Waals surface area contributed by atoms with Crippen molar-refractivity contribution in [3.63, 3.8) is 0 Å². The summed E-state index contributed by atoms with van der Waals surface area (Å²) in [4.78, 5) is 2.06. The smallest absolute Gasteiger partial charge is 0.130 e. The monoisotopic (exact) mass is 226 g/mol. The first kappa shape index (κ1) is 11.5. The summed E-state index contributed by atoms with van der Waals surface area (Å²) in [6.07, 6.45) is 2.15. The van der Waals surface area contributed by atoms with E-state index in [9.17, 15) is 8.78 Å². The topological polar surface area (TPSA) is 29.3 Å². The zero-order chi connectivity index (χ0) is 11.5. The highest BCUT2D eigenvalue weighted by molar-refractivity contribution is 5.24. The van der Waals surface area contributed by atoms with Crippen molar-refractivity contribution in [2.24, 2.45) is 5.73 Å². The van der Waals surface area contributed by atoms with Gasteiger partial charge in [-0.25, -0.2) is 8.78 Å². The third-order valence-electron chi connectivity index (χ3n) is 3.14. The fourth-order valence-electron chi connectivity index (χ4n) is 2.33. The van der Waals surface area contributed by atoms with Crippen molar-refractivity contribution in [1.29, 1.82) is 0 Å². The van der Waals surface area contributed by atoms with Crippen LogP contribution in [0.15, 0.2) is 18.2 Å². The number of benzene rings is 1. The van der Waals surface area contributed by atoms with Crippen LogP contribution in [0.1, 0.15) is 24.4 Å². The normalized spacial score (nSPS) is 18.9. The van der Waals surface area contributed by atoms with Crippen LogP contribution in [-0.2, 0) is 0 Å². The lowest BCUT2D eigenvalue weighted by molar-refractivity contribution is 0.240. The molecule has 1 aromatic carbocycles. The molecule has 0 spiro atoms. The molecule has 1 heterocycles. The van der Waals surface area contributed by atoms with E-state index in [1.54, 1.807) is 0 Å². The summed E-state index contributed by atoms with van der Waals surface area (Å²) >= 11 is 0. The number of nitrogens with two attached hydrogens (primary N) is 1. The van der Waals surface area contributed by atoms with Crippen molar-refractivity contribution in [3.05, 3.63) is 35.4 Å². The molecular formula is C12H16F2N2. The van der Waals surface area contributed by atoms with E-state index in [0.717, 1.165) is 25.9 Å². The van der Waals surface area contributed by atoms with Gasteiger partial charge in [-0.15, -0.1) is 0 Å². The second kappa shape index (κ2) is 4.89. The molecule has 2 N–H and O–H groups in total. The average molecular weight is 226 g/mol. The SMILES string of the molecule is NC[C@@H](c1c(F)cccc1F)N1CCCC1. The lowest BCUT2D eigenvalue weighted by Crippen LogP contribution is -2.32. The largest absolute Gasteiger partial charge is 0.329 e. The second-order valence-electron chi connectivity index (χ2n) is 4.13. The van der Waals surface area contributed by atoms with E-state index >= 15 is 0 Å². The Morgan fingerprint density at radius 1 is 1.19 bits per heavy atom. The number of halogens is 2. The van der Waals surface area contributed by atoms with Gasteiger partial charge >= 0.3 is 0 Å². The molecular weight excluding hydrogens is 210 g/mol. The van der Waals surface area contributed by atoms with Gasteiger partial charge in [-0.3, -0.25) is 4.90 Å². The molecule has 0 radical (unpaired) electrons. The molecule has 1 aromatic rings. The Kier molecular flexibility index (Phi) is 3.51. The molecule has 88 valence electrons. The van der Waals surface area contributed by atoms with Crippen LogP contribution < -0.4 is 5.73 Å². The predicted molar refractivity (Wildman–Crippen MR) is 59.0 cm³/mol. The molecule has 2 nitrogen and oxygen atoms in total. The molecule has 0 unspecified atom stereocenters. The first-order valence-corrected chi connectivity index (χ1v) is 5.62. The first-order valence-electron chi connectivity index (χ1n) is 5.62. The van der Waals surface area contributed by atoms with Crippen molar-refractivity contribution in [2.45, 2.75) is 18.9 Å². The molecule has 2 rings (SSSR count). The van der Waals surface area contributed by atoms with Crippen LogP contribution in [0.4, 0.5) is 8.78 Å². The highest BCUT2D eigenvalue weighted by Gasteiger charge is 2.26. The molecule has 16 heavy (non-hydrogen) atoms. The molecule has 4 heteroatoms. The zero-order valence-electron chi connectivity index (χ0n) is 9.13. The minimum Gasteiger partial charge on any atom is -0.329 e. The number of likely N-dealkylation sites (tertiary alicyclic amines) is 1. The van der Waals surface area contributed by atoms with Crippen molar-refractivity contribution in [1.82, 2.24) is 4.90 Å². The van der Waals surface area contributed by atoms with Gasteiger partial charge in [0, 0.05) is 12.1 Å². The maximum absolute atomic E-state index is 13.6. The molecule has 0 aliphatic carbocycles. The van der Waals surface area contributed by atoms with Crippen LogP contribution in [0.25, 0.3) is 0 Å². The maximum Gasteiger partial charge on any atom is 0.130 e.